The SMILES string of the molecule is CCCCCCCCCCCCC(CC(=O)O)C(=O)OCCCS. The molecule has 142 valence electrons. The molecule has 0 rings (SSSR count). The Bertz CT molecular complexity index is 320. The van der Waals surface area contributed by atoms with E-state index in [1.807, 2.05) is 0 Å². The number of carboxylic acid groups (broad SMARTS) is 1. The van der Waals surface area contributed by atoms with E-state index >= 15 is 0 Å². The first-order valence-corrected chi connectivity index (χ1v) is 10.2. The summed E-state index contributed by atoms with van der Waals surface area (Å²) in [7, 11) is 0. The maximum Gasteiger partial charge on any atom is 0.309 e. The highest BCUT2D eigenvalue weighted by Crippen LogP contribution is 2.18. The maximum absolute atomic E-state index is 11.9. The van der Waals surface area contributed by atoms with Crippen LogP contribution in [0.15, 0.2) is 0 Å². The zero-order valence-electron chi connectivity index (χ0n) is 15.3. The van der Waals surface area contributed by atoms with E-state index in [0.29, 0.717) is 25.2 Å². The van der Waals surface area contributed by atoms with Gasteiger partial charge in [0.05, 0.1) is 18.9 Å². The second-order valence-corrected chi connectivity index (χ2v) is 6.96. The molecule has 4 nitrogen and oxygen atoms in total. The average Bonchev–Trinajstić information content (AvgIpc) is 2.55. The van der Waals surface area contributed by atoms with E-state index < -0.39 is 11.9 Å². The molecule has 0 spiro atoms. The van der Waals surface area contributed by atoms with Crippen molar-refractivity contribution in [3.05, 3.63) is 0 Å². The van der Waals surface area contributed by atoms with Crippen molar-refractivity contribution in [1.82, 2.24) is 0 Å². The van der Waals surface area contributed by atoms with Crippen LogP contribution in [0, 0.1) is 5.92 Å². The summed E-state index contributed by atoms with van der Waals surface area (Å²) in [6, 6.07) is 0. The molecule has 1 unspecified atom stereocenters. The van der Waals surface area contributed by atoms with Gasteiger partial charge in [0.1, 0.15) is 0 Å². The minimum atomic E-state index is -0.932. The Labute approximate surface area is 153 Å². The number of unbranched alkanes of at least 4 members (excludes halogenated alkanes) is 9. The molecule has 0 aromatic rings. The molecule has 5 heteroatoms. The van der Waals surface area contributed by atoms with Crippen LogP contribution in [0.25, 0.3) is 0 Å². The molecule has 0 amide bonds. The maximum atomic E-state index is 11.9. The van der Waals surface area contributed by atoms with E-state index in [2.05, 4.69) is 19.6 Å². The third-order valence-electron chi connectivity index (χ3n) is 4.21. The summed E-state index contributed by atoms with van der Waals surface area (Å²) in [4.78, 5) is 22.8. The normalized spacial score (nSPS) is 12.1. The number of hydrogen-bond donors (Lipinski definition) is 2. The number of thiol groups is 1. The Hall–Kier alpha value is -0.710. The highest BCUT2D eigenvalue weighted by molar-refractivity contribution is 7.80. The van der Waals surface area contributed by atoms with Gasteiger partial charge >= 0.3 is 11.9 Å². The fourth-order valence-electron chi connectivity index (χ4n) is 2.75. The summed E-state index contributed by atoms with van der Waals surface area (Å²) in [6.07, 6.45) is 13.5. The standard InChI is InChI=1S/C19H36O4S/c1-2-3-4-5-6-7-8-9-10-11-13-17(16-18(20)21)19(22)23-14-12-15-24/h17,24H,2-16H2,1H3,(H,20,21). The lowest BCUT2D eigenvalue weighted by atomic mass is 9.97. The van der Waals surface area contributed by atoms with Crippen LogP contribution in [0.1, 0.15) is 90.4 Å². The van der Waals surface area contributed by atoms with Gasteiger partial charge in [-0.15, -0.1) is 0 Å². The van der Waals surface area contributed by atoms with Crippen molar-refractivity contribution in [3.8, 4) is 0 Å². The number of carbonyl (C=O) groups is 2. The molecule has 0 fully saturated rings. The van der Waals surface area contributed by atoms with Crippen molar-refractivity contribution in [3.63, 3.8) is 0 Å². The third-order valence-corrected chi connectivity index (χ3v) is 4.52. The predicted molar refractivity (Wildman–Crippen MR) is 102 cm³/mol. The molecule has 0 saturated heterocycles. The summed E-state index contributed by atoms with van der Waals surface area (Å²) in [5, 5.41) is 8.95. The van der Waals surface area contributed by atoms with Gasteiger partial charge in [0, 0.05) is 0 Å². The molecule has 0 heterocycles. The van der Waals surface area contributed by atoms with Gasteiger partial charge in [-0.1, -0.05) is 71.1 Å². The molecule has 0 aromatic carbocycles. The molecule has 0 aliphatic heterocycles. The molecular formula is C19H36O4S. The zero-order chi connectivity index (χ0) is 18.0. The number of esters is 1. The van der Waals surface area contributed by atoms with Crippen LogP contribution in [0.4, 0.5) is 0 Å². The Morgan fingerprint density at radius 1 is 0.917 bits per heavy atom. The Morgan fingerprint density at radius 2 is 1.46 bits per heavy atom. The summed E-state index contributed by atoms with van der Waals surface area (Å²) >= 11 is 4.07. The molecule has 0 aliphatic rings. The lowest BCUT2D eigenvalue weighted by molar-refractivity contribution is -0.153. The van der Waals surface area contributed by atoms with Crippen molar-refractivity contribution in [2.45, 2.75) is 90.4 Å². The van der Waals surface area contributed by atoms with E-state index in [0.717, 1.165) is 12.8 Å². The average molecular weight is 361 g/mol. The van der Waals surface area contributed by atoms with E-state index in [9.17, 15) is 9.59 Å². The lowest BCUT2D eigenvalue weighted by Gasteiger charge is -2.14. The molecule has 1 N–H and O–H groups in total. The third kappa shape index (κ3) is 14.9. The van der Waals surface area contributed by atoms with Crippen LogP contribution >= 0.6 is 12.6 Å². The van der Waals surface area contributed by atoms with Gasteiger partial charge in [0.15, 0.2) is 0 Å². The van der Waals surface area contributed by atoms with E-state index in [4.69, 9.17) is 9.84 Å². The lowest BCUT2D eigenvalue weighted by Crippen LogP contribution is -2.21. The van der Waals surface area contributed by atoms with Crippen LogP contribution in [0.3, 0.4) is 0 Å². The summed E-state index contributed by atoms with van der Waals surface area (Å²) in [5.41, 5.74) is 0. The minimum Gasteiger partial charge on any atom is -0.481 e. The van der Waals surface area contributed by atoms with Crippen LogP contribution in [-0.2, 0) is 14.3 Å². The van der Waals surface area contributed by atoms with Crippen molar-refractivity contribution in [1.29, 1.82) is 0 Å². The van der Waals surface area contributed by atoms with Crippen molar-refractivity contribution >= 4 is 24.6 Å². The number of aliphatic carboxylic acids is 1. The van der Waals surface area contributed by atoms with Gasteiger partial charge in [-0.25, -0.2) is 0 Å². The van der Waals surface area contributed by atoms with E-state index in [1.54, 1.807) is 0 Å². The molecule has 0 saturated carbocycles. The number of carbonyl (C=O) groups excluding carboxylic acids is 1. The Morgan fingerprint density at radius 3 is 1.96 bits per heavy atom. The quantitative estimate of drug-likeness (QED) is 0.211. The molecule has 1 atom stereocenters. The molecular weight excluding hydrogens is 324 g/mol. The van der Waals surface area contributed by atoms with Gasteiger partial charge in [0.2, 0.25) is 0 Å². The van der Waals surface area contributed by atoms with E-state index in [-0.39, 0.29) is 12.4 Å². The van der Waals surface area contributed by atoms with Crippen LogP contribution in [0.5, 0.6) is 0 Å². The number of hydrogen-bond acceptors (Lipinski definition) is 4. The molecule has 0 aromatic heterocycles. The first-order valence-electron chi connectivity index (χ1n) is 9.61. The topological polar surface area (TPSA) is 63.6 Å². The summed E-state index contributed by atoms with van der Waals surface area (Å²) in [5.74, 6) is -1.14. The second-order valence-electron chi connectivity index (χ2n) is 6.51. The number of carboxylic acids is 1. The summed E-state index contributed by atoms with van der Waals surface area (Å²) < 4.78 is 5.14. The first-order chi connectivity index (χ1) is 11.6. The van der Waals surface area contributed by atoms with Crippen LogP contribution < -0.4 is 0 Å². The molecule has 0 aliphatic carbocycles. The van der Waals surface area contributed by atoms with E-state index in [1.165, 1.54) is 51.4 Å². The van der Waals surface area contributed by atoms with Crippen molar-refractivity contribution in [2.24, 2.45) is 5.92 Å². The monoisotopic (exact) mass is 360 g/mol. The first kappa shape index (κ1) is 23.3. The van der Waals surface area contributed by atoms with Crippen molar-refractivity contribution in [2.75, 3.05) is 12.4 Å². The smallest absolute Gasteiger partial charge is 0.309 e. The highest BCUT2D eigenvalue weighted by atomic mass is 32.1. The van der Waals surface area contributed by atoms with Gasteiger partial charge in [0.25, 0.3) is 0 Å². The second kappa shape index (κ2) is 17.1. The van der Waals surface area contributed by atoms with Gasteiger partial charge in [-0.3, -0.25) is 9.59 Å². The number of rotatable bonds is 17. The molecule has 0 radical (unpaired) electrons. The van der Waals surface area contributed by atoms with Crippen LogP contribution in [0.2, 0.25) is 0 Å². The Kier molecular flexibility index (Phi) is 16.6. The van der Waals surface area contributed by atoms with Gasteiger partial charge < -0.3 is 9.84 Å². The highest BCUT2D eigenvalue weighted by Gasteiger charge is 2.22. The number of ether oxygens (including phenoxy) is 1. The molecule has 0 bridgehead atoms. The van der Waals surface area contributed by atoms with Gasteiger partial charge in [-0.05, 0) is 18.6 Å². The fraction of sp³-hybridized carbons (Fsp3) is 0.895. The van der Waals surface area contributed by atoms with Crippen LogP contribution in [-0.4, -0.2) is 29.4 Å². The van der Waals surface area contributed by atoms with Crippen molar-refractivity contribution < 1.29 is 19.4 Å². The largest absolute Gasteiger partial charge is 0.481 e. The zero-order valence-corrected chi connectivity index (χ0v) is 16.2. The van der Waals surface area contributed by atoms with Gasteiger partial charge in [-0.2, -0.15) is 12.6 Å². The predicted octanol–water partition coefficient (Wildman–Crippen LogP) is 5.25. The summed E-state index contributed by atoms with van der Waals surface area (Å²) in [6.45, 7) is 2.56. The molecule has 24 heavy (non-hydrogen) atoms. The fourth-order valence-corrected chi connectivity index (χ4v) is 2.88. The minimum absolute atomic E-state index is 0.128. The Balaban J connectivity index is 3.74.